The number of phenolic OH excluding ortho intramolecular Hbond substituents is 1. The van der Waals surface area contributed by atoms with Gasteiger partial charge in [-0.25, -0.2) is 4.39 Å². The van der Waals surface area contributed by atoms with Crippen molar-refractivity contribution < 1.29 is 14.3 Å². The van der Waals surface area contributed by atoms with E-state index in [1.165, 1.54) is 24.3 Å². The van der Waals surface area contributed by atoms with Crippen LogP contribution in [0.1, 0.15) is 10.8 Å². The third kappa shape index (κ3) is 3.52. The van der Waals surface area contributed by atoms with Gasteiger partial charge in [0.15, 0.2) is 0 Å². The maximum absolute atomic E-state index is 13.9. The fraction of sp³-hybridized carbons (Fsp3) is 0.0714. The molecule has 0 saturated heterocycles. The molecule has 104 valence electrons. The topological polar surface area (TPSA) is 63.3 Å². The minimum absolute atomic E-state index is 0.125. The summed E-state index contributed by atoms with van der Waals surface area (Å²) < 4.78 is 14.5. The van der Waals surface area contributed by atoms with E-state index in [9.17, 15) is 14.3 Å². The lowest BCUT2D eigenvalue weighted by molar-refractivity contribution is -0.117. The number of hydrogen-bond donors (Lipinski definition) is 2. The maximum atomic E-state index is 13.9. The summed E-state index contributed by atoms with van der Waals surface area (Å²) in [5, 5.41) is 8.40. The Bertz CT molecular complexity index is 634. The van der Waals surface area contributed by atoms with E-state index in [2.05, 4.69) is 15.9 Å². The molecular weight excluding hydrogens is 345 g/mol. The molecule has 0 bridgehead atoms. The van der Waals surface area contributed by atoms with Crippen LogP contribution < -0.4 is 5.73 Å². The fourth-order valence-electron chi connectivity index (χ4n) is 1.65. The smallest absolute Gasteiger partial charge is 0.235 e. The number of hydrogen-bond acceptors (Lipinski definition) is 3. The van der Waals surface area contributed by atoms with Gasteiger partial charge >= 0.3 is 0 Å². The first-order valence-corrected chi connectivity index (χ1v) is 7.34. The predicted octanol–water partition coefficient (Wildman–Crippen LogP) is 3.61. The Hall–Kier alpha value is -1.53. The molecule has 0 saturated carbocycles. The summed E-state index contributed by atoms with van der Waals surface area (Å²) in [6.45, 7) is 0. The van der Waals surface area contributed by atoms with Crippen molar-refractivity contribution >= 4 is 33.6 Å². The predicted molar refractivity (Wildman–Crippen MR) is 80.0 cm³/mol. The van der Waals surface area contributed by atoms with Crippen molar-refractivity contribution in [2.45, 2.75) is 10.1 Å². The summed E-state index contributed by atoms with van der Waals surface area (Å²) >= 11 is 4.30. The highest BCUT2D eigenvalue weighted by Crippen LogP contribution is 2.37. The number of rotatable bonds is 4. The highest BCUT2D eigenvalue weighted by Gasteiger charge is 2.22. The van der Waals surface area contributed by atoms with Gasteiger partial charge in [0.2, 0.25) is 5.91 Å². The molecule has 0 radical (unpaired) electrons. The second-order valence-corrected chi connectivity index (χ2v) is 6.15. The Morgan fingerprint density at radius 1 is 1.25 bits per heavy atom. The molecule has 0 aliphatic rings. The lowest BCUT2D eigenvalue weighted by Gasteiger charge is -2.14. The van der Waals surface area contributed by atoms with Crippen LogP contribution >= 0.6 is 27.7 Å². The Morgan fingerprint density at radius 3 is 2.45 bits per heavy atom. The zero-order valence-electron chi connectivity index (χ0n) is 10.2. The number of carbonyl (C=O) groups is 1. The highest BCUT2D eigenvalue weighted by molar-refractivity contribution is 9.10. The van der Waals surface area contributed by atoms with E-state index >= 15 is 0 Å². The molecule has 1 atom stereocenters. The molecule has 2 aromatic carbocycles. The molecular formula is C14H11BrFNO2S. The summed E-state index contributed by atoms with van der Waals surface area (Å²) in [6, 6.07) is 10.8. The van der Waals surface area contributed by atoms with E-state index in [1.807, 2.05) is 0 Å². The number of benzene rings is 2. The Morgan fingerprint density at radius 2 is 1.90 bits per heavy atom. The number of aromatic hydroxyl groups is 1. The van der Waals surface area contributed by atoms with Gasteiger partial charge in [-0.2, -0.15) is 0 Å². The lowest BCUT2D eigenvalue weighted by atomic mass is 10.1. The van der Waals surface area contributed by atoms with Gasteiger partial charge in [0.1, 0.15) is 16.8 Å². The van der Waals surface area contributed by atoms with Crippen molar-refractivity contribution in [3.05, 3.63) is 58.3 Å². The van der Waals surface area contributed by atoms with Crippen molar-refractivity contribution in [3.8, 4) is 5.75 Å². The first-order valence-electron chi connectivity index (χ1n) is 5.67. The van der Waals surface area contributed by atoms with Crippen molar-refractivity contribution in [3.63, 3.8) is 0 Å². The van der Waals surface area contributed by atoms with Crippen LogP contribution in [0.2, 0.25) is 0 Å². The highest BCUT2D eigenvalue weighted by atomic mass is 79.9. The summed E-state index contributed by atoms with van der Waals surface area (Å²) in [6.07, 6.45) is 0. The van der Waals surface area contributed by atoms with Gasteiger partial charge in [-0.3, -0.25) is 4.79 Å². The lowest BCUT2D eigenvalue weighted by Crippen LogP contribution is -2.19. The standard InChI is InChI=1S/C14H11BrFNO2S/c15-8-1-6-11(12(16)7-8)13(14(17)19)20-10-4-2-9(18)3-5-10/h1-7,13,18H,(H2,17,19). The molecule has 0 fully saturated rings. The van der Waals surface area contributed by atoms with Crippen LogP contribution in [0, 0.1) is 5.82 Å². The van der Waals surface area contributed by atoms with Crippen LogP contribution in [0.3, 0.4) is 0 Å². The molecule has 0 aliphatic heterocycles. The van der Waals surface area contributed by atoms with Crippen LogP contribution in [0.15, 0.2) is 51.8 Å². The monoisotopic (exact) mass is 355 g/mol. The van der Waals surface area contributed by atoms with Crippen molar-refractivity contribution in [2.24, 2.45) is 5.73 Å². The third-order valence-electron chi connectivity index (χ3n) is 2.59. The van der Waals surface area contributed by atoms with Gasteiger partial charge in [-0.15, -0.1) is 11.8 Å². The van der Waals surface area contributed by atoms with Gasteiger partial charge < -0.3 is 10.8 Å². The molecule has 6 heteroatoms. The molecule has 0 aromatic heterocycles. The van der Waals surface area contributed by atoms with Crippen LogP contribution in [0.25, 0.3) is 0 Å². The number of carbonyl (C=O) groups excluding carboxylic acids is 1. The zero-order chi connectivity index (χ0) is 14.7. The summed E-state index contributed by atoms with van der Waals surface area (Å²) in [7, 11) is 0. The molecule has 0 heterocycles. The summed E-state index contributed by atoms with van der Waals surface area (Å²) in [5.74, 6) is -0.987. The Balaban J connectivity index is 2.31. The number of halogens is 2. The molecule has 3 nitrogen and oxygen atoms in total. The average molecular weight is 356 g/mol. The van der Waals surface area contributed by atoms with Crippen molar-refractivity contribution in [1.82, 2.24) is 0 Å². The fourth-order valence-corrected chi connectivity index (χ4v) is 2.98. The van der Waals surface area contributed by atoms with Gasteiger partial charge in [-0.1, -0.05) is 22.0 Å². The third-order valence-corrected chi connectivity index (χ3v) is 4.35. The van der Waals surface area contributed by atoms with E-state index in [1.54, 1.807) is 18.2 Å². The molecule has 2 aromatic rings. The molecule has 3 N–H and O–H groups in total. The number of thioether (sulfide) groups is 1. The van der Waals surface area contributed by atoms with Gasteiger partial charge in [-0.05, 0) is 36.4 Å². The van der Waals surface area contributed by atoms with Crippen LogP contribution in [-0.2, 0) is 4.79 Å². The van der Waals surface area contributed by atoms with Crippen LogP contribution in [0.4, 0.5) is 4.39 Å². The minimum Gasteiger partial charge on any atom is -0.508 e. The molecule has 1 amide bonds. The molecule has 1 unspecified atom stereocenters. The first kappa shape index (κ1) is 14.9. The SMILES string of the molecule is NC(=O)C(Sc1ccc(O)cc1)c1ccc(Br)cc1F. The van der Waals surface area contributed by atoms with Crippen LogP contribution in [-0.4, -0.2) is 11.0 Å². The second kappa shape index (κ2) is 6.28. The molecule has 0 aliphatic carbocycles. The number of primary amides is 1. The minimum atomic E-state index is -0.826. The van der Waals surface area contributed by atoms with Gasteiger partial charge in [0, 0.05) is 14.9 Å². The normalized spacial score (nSPS) is 12.1. The Kier molecular flexibility index (Phi) is 4.67. The van der Waals surface area contributed by atoms with Crippen molar-refractivity contribution in [1.29, 1.82) is 0 Å². The van der Waals surface area contributed by atoms with Gasteiger partial charge in [0.05, 0.1) is 0 Å². The molecule has 20 heavy (non-hydrogen) atoms. The quantitative estimate of drug-likeness (QED) is 0.823. The van der Waals surface area contributed by atoms with E-state index in [0.29, 0.717) is 9.37 Å². The van der Waals surface area contributed by atoms with Crippen LogP contribution in [0.5, 0.6) is 5.75 Å². The Labute approximate surface area is 128 Å². The van der Waals surface area contributed by atoms with E-state index in [0.717, 1.165) is 11.8 Å². The first-order chi connectivity index (χ1) is 9.47. The number of phenols is 1. The number of amides is 1. The summed E-state index contributed by atoms with van der Waals surface area (Å²) in [5.41, 5.74) is 5.60. The van der Waals surface area contributed by atoms with E-state index in [4.69, 9.17) is 5.73 Å². The van der Waals surface area contributed by atoms with E-state index < -0.39 is 17.0 Å². The number of nitrogens with two attached hydrogens (primary N) is 1. The largest absolute Gasteiger partial charge is 0.508 e. The van der Waals surface area contributed by atoms with Crippen molar-refractivity contribution in [2.75, 3.05) is 0 Å². The zero-order valence-corrected chi connectivity index (χ0v) is 12.6. The molecule has 2 rings (SSSR count). The van der Waals surface area contributed by atoms with E-state index in [-0.39, 0.29) is 11.3 Å². The summed E-state index contributed by atoms with van der Waals surface area (Å²) in [4.78, 5) is 12.3. The maximum Gasteiger partial charge on any atom is 0.235 e. The average Bonchev–Trinajstić information content (AvgIpc) is 2.39. The molecule has 0 spiro atoms. The second-order valence-electron chi connectivity index (χ2n) is 4.06. The van der Waals surface area contributed by atoms with Gasteiger partial charge in [0.25, 0.3) is 0 Å².